The van der Waals surface area contributed by atoms with Gasteiger partial charge in [-0.15, -0.1) is 11.3 Å². The molecular formula is C29H35N3O2S. The number of hydrogen-bond donors (Lipinski definition) is 1. The molecular weight excluding hydrogens is 454 g/mol. The molecule has 2 amide bonds. The van der Waals surface area contributed by atoms with Crippen LogP contribution in [0, 0.1) is 6.92 Å². The number of carbonyl (C=O) groups is 2. The van der Waals surface area contributed by atoms with Gasteiger partial charge in [0.2, 0.25) is 5.91 Å². The fourth-order valence-corrected chi connectivity index (χ4v) is 5.60. The number of nitrogens with one attached hydrogen (secondary N) is 1. The minimum Gasteiger partial charge on any atom is -0.343 e. The average molecular weight is 490 g/mol. The Kier molecular flexibility index (Phi) is 8.72. The molecule has 2 heterocycles. The number of rotatable bonds is 9. The first-order valence-electron chi connectivity index (χ1n) is 12.5. The van der Waals surface area contributed by atoms with Gasteiger partial charge in [-0.2, -0.15) is 0 Å². The Morgan fingerprint density at radius 2 is 1.74 bits per heavy atom. The fourth-order valence-electron chi connectivity index (χ4n) is 4.80. The number of piperidine rings is 1. The van der Waals surface area contributed by atoms with E-state index in [9.17, 15) is 9.59 Å². The van der Waals surface area contributed by atoms with Gasteiger partial charge in [0.25, 0.3) is 5.91 Å². The topological polar surface area (TPSA) is 52.7 Å². The normalized spacial score (nSPS) is 15.2. The van der Waals surface area contributed by atoms with Crippen molar-refractivity contribution >= 4 is 23.2 Å². The lowest BCUT2D eigenvalue weighted by Gasteiger charge is -2.38. The van der Waals surface area contributed by atoms with Crippen LogP contribution in [0.2, 0.25) is 0 Å². The Bertz CT molecular complexity index is 1070. The molecule has 1 unspecified atom stereocenters. The van der Waals surface area contributed by atoms with Gasteiger partial charge in [-0.25, -0.2) is 0 Å². The number of nitrogens with zero attached hydrogens (tertiary/aromatic N) is 2. The molecule has 3 aromatic rings. The second kappa shape index (κ2) is 12.1. The van der Waals surface area contributed by atoms with Crippen molar-refractivity contribution in [1.29, 1.82) is 0 Å². The molecule has 0 saturated carbocycles. The molecule has 1 aliphatic rings. The van der Waals surface area contributed by atoms with Crippen LogP contribution in [0.5, 0.6) is 0 Å². The van der Waals surface area contributed by atoms with E-state index >= 15 is 0 Å². The Balaban J connectivity index is 1.38. The number of hydrogen-bond acceptors (Lipinski definition) is 4. The van der Waals surface area contributed by atoms with Crippen LogP contribution >= 0.6 is 11.3 Å². The third kappa shape index (κ3) is 6.59. The second-order valence-corrected chi connectivity index (χ2v) is 10.3. The summed E-state index contributed by atoms with van der Waals surface area (Å²) in [6, 6.07) is 22.2. The van der Waals surface area contributed by atoms with Gasteiger partial charge in [0, 0.05) is 29.6 Å². The van der Waals surface area contributed by atoms with E-state index in [1.807, 2.05) is 41.3 Å². The van der Waals surface area contributed by atoms with Crippen molar-refractivity contribution in [2.24, 2.45) is 0 Å². The first-order chi connectivity index (χ1) is 17.0. The van der Waals surface area contributed by atoms with Gasteiger partial charge in [0.15, 0.2) is 0 Å². The van der Waals surface area contributed by atoms with E-state index < -0.39 is 0 Å². The molecule has 4 rings (SSSR count). The minimum absolute atomic E-state index is 0.0419. The van der Waals surface area contributed by atoms with E-state index in [-0.39, 0.29) is 17.9 Å². The first kappa shape index (κ1) is 25.1. The molecule has 0 aliphatic carbocycles. The van der Waals surface area contributed by atoms with Crippen molar-refractivity contribution in [2.45, 2.75) is 45.2 Å². The molecule has 0 bridgehead atoms. The molecule has 1 aromatic heterocycles. The minimum atomic E-state index is -0.142. The third-order valence-corrected chi connectivity index (χ3v) is 7.63. The van der Waals surface area contributed by atoms with E-state index in [1.165, 1.54) is 5.56 Å². The fraction of sp³-hybridized carbons (Fsp3) is 0.379. The largest absolute Gasteiger partial charge is 0.343 e. The Morgan fingerprint density at radius 3 is 2.37 bits per heavy atom. The highest BCUT2D eigenvalue weighted by atomic mass is 32.1. The maximum atomic E-state index is 13.3. The predicted molar refractivity (Wildman–Crippen MR) is 143 cm³/mol. The summed E-state index contributed by atoms with van der Waals surface area (Å²) in [5.74, 6) is 0.140. The summed E-state index contributed by atoms with van der Waals surface area (Å²) >= 11 is 1.66. The lowest BCUT2D eigenvalue weighted by Crippen LogP contribution is -2.50. The molecule has 1 aliphatic heterocycles. The molecule has 0 radical (unpaired) electrons. The van der Waals surface area contributed by atoms with E-state index in [0.717, 1.165) is 54.9 Å². The SMILES string of the molecule is CCCN(CC(=O)NC(c1ccc(C)cc1)c1cccs1)C1CCN(C(=O)c2ccccc2)CC1. The van der Waals surface area contributed by atoms with Crippen LogP contribution in [0.3, 0.4) is 0 Å². The Labute approximate surface area is 212 Å². The number of thiophene rings is 1. The number of benzene rings is 2. The zero-order chi connectivity index (χ0) is 24.6. The highest BCUT2D eigenvalue weighted by molar-refractivity contribution is 7.10. The van der Waals surface area contributed by atoms with Crippen molar-refractivity contribution in [3.8, 4) is 0 Å². The highest BCUT2D eigenvalue weighted by Crippen LogP contribution is 2.27. The second-order valence-electron chi connectivity index (χ2n) is 9.29. The van der Waals surface area contributed by atoms with Gasteiger partial charge in [0.1, 0.15) is 0 Å². The maximum Gasteiger partial charge on any atom is 0.253 e. The van der Waals surface area contributed by atoms with Crippen LogP contribution in [0.15, 0.2) is 72.1 Å². The average Bonchev–Trinajstić information content (AvgIpc) is 3.43. The van der Waals surface area contributed by atoms with Gasteiger partial charge in [-0.05, 0) is 61.9 Å². The van der Waals surface area contributed by atoms with Crippen molar-refractivity contribution in [3.05, 3.63) is 93.7 Å². The molecule has 1 N–H and O–H groups in total. The van der Waals surface area contributed by atoms with Crippen LogP contribution < -0.4 is 5.32 Å². The van der Waals surface area contributed by atoms with Gasteiger partial charge < -0.3 is 10.2 Å². The van der Waals surface area contributed by atoms with Crippen molar-refractivity contribution < 1.29 is 9.59 Å². The standard InChI is InChI=1S/C29H35N3O2S/c1-3-17-32(25-15-18-31(19-16-25)29(34)24-8-5-4-6-9-24)21-27(33)30-28(26-10-7-20-35-26)23-13-11-22(2)12-14-23/h4-14,20,25,28H,3,15-19,21H2,1-2H3,(H,30,33). The van der Waals surface area contributed by atoms with Crippen LogP contribution in [0.25, 0.3) is 0 Å². The molecule has 0 spiro atoms. The molecule has 6 heteroatoms. The summed E-state index contributed by atoms with van der Waals surface area (Å²) in [5.41, 5.74) is 3.05. The third-order valence-electron chi connectivity index (χ3n) is 6.69. The zero-order valence-electron chi connectivity index (χ0n) is 20.7. The van der Waals surface area contributed by atoms with Crippen LogP contribution in [-0.4, -0.2) is 53.8 Å². The van der Waals surface area contributed by atoms with Crippen LogP contribution in [0.1, 0.15) is 58.6 Å². The first-order valence-corrected chi connectivity index (χ1v) is 13.4. The van der Waals surface area contributed by atoms with Crippen LogP contribution in [0.4, 0.5) is 0 Å². The molecule has 184 valence electrons. The Hall–Kier alpha value is -2.96. The smallest absolute Gasteiger partial charge is 0.253 e. The van der Waals surface area contributed by atoms with Gasteiger partial charge in [-0.3, -0.25) is 14.5 Å². The van der Waals surface area contributed by atoms with Crippen molar-refractivity contribution in [3.63, 3.8) is 0 Å². The van der Waals surface area contributed by atoms with E-state index in [0.29, 0.717) is 12.6 Å². The molecule has 1 atom stereocenters. The number of amides is 2. The summed E-state index contributed by atoms with van der Waals surface area (Å²) in [5, 5.41) is 5.35. The number of likely N-dealkylation sites (tertiary alicyclic amines) is 1. The predicted octanol–water partition coefficient (Wildman–Crippen LogP) is 5.28. The Morgan fingerprint density at radius 1 is 1.03 bits per heavy atom. The number of carbonyl (C=O) groups excluding carboxylic acids is 2. The van der Waals surface area contributed by atoms with Gasteiger partial charge >= 0.3 is 0 Å². The van der Waals surface area contributed by atoms with E-state index in [2.05, 4.69) is 59.8 Å². The van der Waals surface area contributed by atoms with Crippen molar-refractivity contribution in [2.75, 3.05) is 26.2 Å². The summed E-state index contributed by atoms with van der Waals surface area (Å²) in [4.78, 5) is 31.5. The molecule has 35 heavy (non-hydrogen) atoms. The van der Waals surface area contributed by atoms with Gasteiger partial charge in [-0.1, -0.05) is 61.0 Å². The number of aryl methyl sites for hydroxylation is 1. The molecule has 1 saturated heterocycles. The zero-order valence-corrected chi connectivity index (χ0v) is 21.5. The summed E-state index contributed by atoms with van der Waals surface area (Å²) in [6.45, 7) is 6.92. The van der Waals surface area contributed by atoms with Crippen molar-refractivity contribution in [1.82, 2.24) is 15.1 Å². The van der Waals surface area contributed by atoms with E-state index in [1.54, 1.807) is 11.3 Å². The monoisotopic (exact) mass is 489 g/mol. The molecule has 5 nitrogen and oxygen atoms in total. The lowest BCUT2D eigenvalue weighted by molar-refractivity contribution is -0.123. The summed E-state index contributed by atoms with van der Waals surface area (Å²) in [6.07, 6.45) is 2.76. The van der Waals surface area contributed by atoms with E-state index in [4.69, 9.17) is 0 Å². The highest BCUT2D eigenvalue weighted by Gasteiger charge is 2.29. The summed E-state index contributed by atoms with van der Waals surface area (Å²) < 4.78 is 0. The lowest BCUT2D eigenvalue weighted by atomic mass is 10.0. The molecule has 2 aromatic carbocycles. The maximum absolute atomic E-state index is 13.3. The van der Waals surface area contributed by atoms with Crippen LogP contribution in [-0.2, 0) is 4.79 Å². The summed E-state index contributed by atoms with van der Waals surface area (Å²) in [7, 11) is 0. The molecule has 1 fully saturated rings. The van der Waals surface area contributed by atoms with Gasteiger partial charge in [0.05, 0.1) is 12.6 Å². The quantitative estimate of drug-likeness (QED) is 0.445.